The Balaban J connectivity index is 1.44. The number of anilines is 2. The number of rotatable bonds is 11. The van der Waals surface area contributed by atoms with Gasteiger partial charge in [-0.05, 0) is 62.5 Å². The summed E-state index contributed by atoms with van der Waals surface area (Å²) >= 11 is 5.45. The van der Waals surface area contributed by atoms with Crippen molar-refractivity contribution in [3.63, 3.8) is 0 Å². The second kappa shape index (κ2) is 12.7. The topological polar surface area (TPSA) is 86.5 Å². The van der Waals surface area contributed by atoms with Gasteiger partial charge in [0.1, 0.15) is 17.2 Å². The molecule has 1 saturated carbocycles. The average Bonchev–Trinajstić information content (AvgIpc) is 3.16. The molecule has 1 atom stereocenters. The second-order valence-corrected chi connectivity index (χ2v) is 12.3. The lowest BCUT2D eigenvalue weighted by Gasteiger charge is -2.43. The fraction of sp³-hybridized carbons (Fsp3) is 0.481. The molecule has 2 aromatic rings. The Labute approximate surface area is 258 Å². The summed E-state index contributed by atoms with van der Waals surface area (Å²) in [6.45, 7) is -0.178. The molecule has 244 valence electrons. The minimum atomic E-state index is -5.69. The Morgan fingerprint density at radius 2 is 1.73 bits per heavy atom. The molecule has 1 aliphatic heterocycles. The summed E-state index contributed by atoms with van der Waals surface area (Å²) in [5.41, 5.74) is -4.38. The molecule has 45 heavy (non-hydrogen) atoms. The van der Waals surface area contributed by atoms with Crippen molar-refractivity contribution in [2.45, 2.75) is 62.3 Å². The Morgan fingerprint density at radius 3 is 2.29 bits per heavy atom. The van der Waals surface area contributed by atoms with Gasteiger partial charge in [-0.2, -0.15) is 40.4 Å². The number of thiocarbonyl (C=S) groups is 1. The van der Waals surface area contributed by atoms with Crippen LogP contribution in [0, 0.1) is 17.1 Å². The third kappa shape index (κ3) is 6.74. The molecule has 7 nitrogen and oxygen atoms in total. The Hall–Kier alpha value is -3.46. The summed E-state index contributed by atoms with van der Waals surface area (Å²) in [7, 11) is -1.71. The number of benzene rings is 1. The number of pyridine rings is 1. The van der Waals surface area contributed by atoms with Crippen LogP contribution in [0.15, 0.2) is 30.5 Å². The highest BCUT2D eigenvalue weighted by atomic mass is 32.2. The zero-order chi connectivity index (χ0) is 33.4. The van der Waals surface area contributed by atoms with Crippen molar-refractivity contribution in [1.82, 2.24) is 4.98 Å². The van der Waals surface area contributed by atoms with Gasteiger partial charge in [0.15, 0.2) is 22.4 Å². The molecule has 0 bridgehead atoms. The van der Waals surface area contributed by atoms with E-state index in [2.05, 4.69) is 4.98 Å². The van der Waals surface area contributed by atoms with Crippen molar-refractivity contribution in [2.75, 3.05) is 27.9 Å². The fourth-order valence-electron chi connectivity index (χ4n) is 5.04. The van der Waals surface area contributed by atoms with Crippen molar-refractivity contribution in [3.8, 4) is 11.8 Å². The Morgan fingerprint density at radius 1 is 1.07 bits per heavy atom. The number of hydrogen-bond donors (Lipinski definition) is 0. The Kier molecular flexibility index (Phi) is 9.74. The molecule has 2 fully saturated rings. The van der Waals surface area contributed by atoms with Crippen LogP contribution in [-0.2, 0) is 21.8 Å². The van der Waals surface area contributed by atoms with Gasteiger partial charge in [0.05, 0.1) is 12.3 Å². The number of halogens is 9. The maximum Gasteiger partial charge on any atom is 0.453 e. The summed E-state index contributed by atoms with van der Waals surface area (Å²) < 4.78 is 137. The highest BCUT2D eigenvalue weighted by molar-refractivity contribution is 7.84. The van der Waals surface area contributed by atoms with Crippen LogP contribution >= 0.6 is 12.2 Å². The molecule has 1 unspecified atom stereocenters. The lowest BCUT2D eigenvalue weighted by molar-refractivity contribution is -0.284. The molecule has 1 saturated heterocycles. The molecule has 2 aliphatic rings. The van der Waals surface area contributed by atoms with Crippen LogP contribution in [-0.4, -0.2) is 56.0 Å². The van der Waals surface area contributed by atoms with Crippen LogP contribution < -0.4 is 14.5 Å². The number of ether oxygens (including phenoxy) is 1. The van der Waals surface area contributed by atoms with Crippen LogP contribution in [0.4, 0.5) is 50.9 Å². The van der Waals surface area contributed by atoms with E-state index < -0.39 is 76.1 Å². The molecule has 1 aromatic carbocycles. The fourth-order valence-corrected chi connectivity index (χ4v) is 6.61. The van der Waals surface area contributed by atoms with Crippen LogP contribution in [0.5, 0.6) is 5.75 Å². The molecule has 1 aromatic heterocycles. The molecule has 18 heteroatoms. The van der Waals surface area contributed by atoms with Gasteiger partial charge < -0.3 is 9.64 Å². The molecule has 4 rings (SSSR count). The van der Waals surface area contributed by atoms with Gasteiger partial charge in [-0.25, -0.2) is 9.37 Å². The predicted molar refractivity (Wildman–Crippen MR) is 148 cm³/mol. The van der Waals surface area contributed by atoms with E-state index in [-0.39, 0.29) is 53.9 Å². The summed E-state index contributed by atoms with van der Waals surface area (Å²) in [5, 5.41) is 8.87. The van der Waals surface area contributed by atoms with E-state index in [4.69, 9.17) is 17.0 Å². The van der Waals surface area contributed by atoms with E-state index in [1.54, 1.807) is 0 Å². The first-order valence-corrected chi connectivity index (χ1v) is 15.2. The molecule has 0 N–H and O–H groups in total. The van der Waals surface area contributed by atoms with Crippen LogP contribution in [0.25, 0.3) is 0 Å². The highest BCUT2D eigenvalue weighted by Gasteiger charge is 2.61. The van der Waals surface area contributed by atoms with E-state index >= 15 is 4.39 Å². The quantitative estimate of drug-likeness (QED) is 0.148. The van der Waals surface area contributed by atoms with Crippen molar-refractivity contribution >= 4 is 45.4 Å². The lowest BCUT2D eigenvalue weighted by Crippen LogP contribution is -2.55. The van der Waals surface area contributed by atoms with E-state index in [0.717, 1.165) is 18.3 Å². The third-order valence-corrected chi connectivity index (χ3v) is 9.23. The minimum Gasteiger partial charge on any atom is -0.490 e. The van der Waals surface area contributed by atoms with Crippen molar-refractivity contribution in [2.24, 2.45) is 0 Å². The number of alkyl halides is 8. The number of aromatic nitrogens is 1. The number of nitriles is 1. The monoisotopic (exact) mass is 686 g/mol. The summed E-state index contributed by atoms with van der Waals surface area (Å²) in [6, 6.07) is 5.82. The normalized spacial score (nSPS) is 17.4. The van der Waals surface area contributed by atoms with Gasteiger partial charge in [-0.3, -0.25) is 13.9 Å². The number of hydrogen-bond acceptors (Lipinski definition) is 6. The third-order valence-electron chi connectivity index (χ3n) is 7.38. The maximum absolute atomic E-state index is 15.1. The zero-order valence-corrected chi connectivity index (χ0v) is 24.6. The smallest absolute Gasteiger partial charge is 0.453 e. The first-order valence-electron chi connectivity index (χ1n) is 13.3. The van der Waals surface area contributed by atoms with Gasteiger partial charge in [0, 0.05) is 46.7 Å². The molecule has 1 aliphatic carbocycles. The number of carbonyl (C=O) groups is 1. The lowest BCUT2D eigenvalue weighted by atomic mass is 9.75. The molecule has 0 radical (unpaired) electrons. The van der Waals surface area contributed by atoms with Crippen LogP contribution in [0.2, 0.25) is 0 Å². The van der Waals surface area contributed by atoms with Gasteiger partial charge in [-0.15, -0.1) is 0 Å². The van der Waals surface area contributed by atoms with Crippen LogP contribution in [0.1, 0.15) is 49.8 Å². The number of carbonyl (C=O) groups excluding carboxylic acids is 1. The molecular formula is C27H23F9N4O3S2. The van der Waals surface area contributed by atoms with Crippen LogP contribution in [0.3, 0.4) is 0 Å². The number of nitrogens with zero attached hydrogens (tertiary/aromatic N) is 4. The van der Waals surface area contributed by atoms with Gasteiger partial charge >= 0.3 is 18.3 Å². The average molecular weight is 687 g/mol. The SMILES string of the molecule is N#Cc1nccc(N2C(=O)C3(CCC3)N(c3ccc(OCCCS(=O)CCCC(F)(F)C(F)(F)F)c(F)c3)C2=S)c1C(F)(F)F. The zero-order valence-electron chi connectivity index (χ0n) is 23.0. The first-order chi connectivity index (χ1) is 20.9. The molecular weight excluding hydrogens is 663 g/mol. The largest absolute Gasteiger partial charge is 0.490 e. The van der Waals surface area contributed by atoms with Gasteiger partial charge in [0.25, 0.3) is 5.91 Å². The Bertz CT molecular complexity index is 1540. The summed E-state index contributed by atoms with van der Waals surface area (Å²) in [5.74, 6) is -7.31. The first kappa shape index (κ1) is 34.4. The van der Waals surface area contributed by atoms with Gasteiger partial charge in [0.2, 0.25) is 0 Å². The van der Waals surface area contributed by atoms with Crippen molar-refractivity contribution in [1.29, 1.82) is 5.26 Å². The summed E-state index contributed by atoms with van der Waals surface area (Å²) in [4.78, 5) is 19.0. The van der Waals surface area contributed by atoms with E-state index in [9.17, 15) is 49.4 Å². The predicted octanol–water partition coefficient (Wildman–Crippen LogP) is 6.67. The highest BCUT2D eigenvalue weighted by Crippen LogP contribution is 2.50. The number of amides is 1. The van der Waals surface area contributed by atoms with E-state index in [1.807, 2.05) is 0 Å². The second-order valence-electron chi connectivity index (χ2n) is 10.3. The molecule has 2 heterocycles. The van der Waals surface area contributed by atoms with E-state index in [0.29, 0.717) is 11.3 Å². The maximum atomic E-state index is 15.1. The van der Waals surface area contributed by atoms with Crippen molar-refractivity contribution < 1.29 is 53.3 Å². The minimum absolute atomic E-state index is 0.0558. The van der Waals surface area contributed by atoms with E-state index in [1.165, 1.54) is 23.1 Å². The van der Waals surface area contributed by atoms with Gasteiger partial charge in [-0.1, -0.05) is 0 Å². The molecule has 1 spiro atoms. The summed E-state index contributed by atoms with van der Waals surface area (Å²) in [6.07, 6.45) is -10.9. The van der Waals surface area contributed by atoms with Crippen molar-refractivity contribution in [3.05, 3.63) is 47.5 Å². The standard InChI is InChI=1S/C27H23F9N4O3S2/c28-17-14-16(4-5-20(17)43-11-3-13-45(42)12-2-9-25(29,30)27(34,35)36)40-23(44)39(22(41)24(40)7-1-8-24)19-6-10-38-18(15-37)21(19)26(31,32)33/h4-6,10,14H,1-3,7-9,11-13H2. The molecule has 1 amide bonds.